The Morgan fingerprint density at radius 1 is 1.55 bits per heavy atom. The van der Waals surface area contributed by atoms with E-state index in [9.17, 15) is 4.79 Å². The highest BCUT2D eigenvalue weighted by Crippen LogP contribution is 2.34. The van der Waals surface area contributed by atoms with Crippen molar-refractivity contribution >= 4 is 62.4 Å². The zero-order valence-electron chi connectivity index (χ0n) is 10.5. The zero-order chi connectivity index (χ0) is 14.1. The van der Waals surface area contributed by atoms with Crippen LogP contribution in [0.1, 0.15) is 17.4 Å². The second kappa shape index (κ2) is 5.67. The lowest BCUT2D eigenvalue weighted by atomic mass is 10.1. The van der Waals surface area contributed by atoms with Crippen molar-refractivity contribution in [1.29, 1.82) is 0 Å². The average Bonchev–Trinajstić information content (AvgIpc) is 2.95. The first-order valence-electron chi connectivity index (χ1n) is 5.95. The molecule has 7 heteroatoms. The first kappa shape index (κ1) is 13.8. The van der Waals surface area contributed by atoms with Crippen molar-refractivity contribution in [1.82, 2.24) is 9.97 Å². The number of hydrogen-bond donors (Lipinski definition) is 1. The Bertz CT molecular complexity index is 711. The van der Waals surface area contributed by atoms with E-state index >= 15 is 0 Å². The summed E-state index contributed by atoms with van der Waals surface area (Å²) in [6, 6.07) is 1.96. The maximum atomic E-state index is 12.1. The Kier molecular flexibility index (Phi) is 3.91. The van der Waals surface area contributed by atoms with E-state index in [4.69, 9.17) is 0 Å². The largest absolute Gasteiger partial charge is 0.306 e. The molecule has 0 fully saturated rings. The van der Waals surface area contributed by atoms with Crippen molar-refractivity contribution in [2.75, 3.05) is 11.1 Å². The highest BCUT2D eigenvalue weighted by Gasteiger charge is 2.26. The van der Waals surface area contributed by atoms with Crippen LogP contribution < -0.4 is 5.32 Å². The Morgan fingerprint density at radius 3 is 3.10 bits per heavy atom. The number of anilines is 1. The van der Waals surface area contributed by atoms with Crippen molar-refractivity contribution in [2.45, 2.75) is 12.1 Å². The molecule has 3 heterocycles. The number of amides is 1. The zero-order valence-corrected chi connectivity index (χ0v) is 13.7. The summed E-state index contributed by atoms with van der Waals surface area (Å²) in [4.78, 5) is 21.7. The van der Waals surface area contributed by atoms with Crippen LogP contribution in [-0.4, -0.2) is 21.6 Å². The fraction of sp³-hybridized carbons (Fsp3) is 0.154. The van der Waals surface area contributed by atoms with E-state index in [0.717, 1.165) is 20.7 Å². The number of halogens is 1. The van der Waals surface area contributed by atoms with E-state index in [2.05, 4.69) is 31.2 Å². The smallest absolute Gasteiger partial charge is 0.257 e. The normalized spacial score (nSPS) is 15.5. The molecule has 20 heavy (non-hydrogen) atoms. The van der Waals surface area contributed by atoms with Crippen molar-refractivity contribution in [2.24, 2.45) is 0 Å². The minimum absolute atomic E-state index is 0.131. The number of thiophene rings is 1. The van der Waals surface area contributed by atoms with Crippen molar-refractivity contribution in [3.63, 3.8) is 0 Å². The Hall–Kier alpha value is -1.18. The number of rotatable bonds is 3. The molecule has 1 aliphatic heterocycles. The number of hydrogen-bond acceptors (Lipinski definition) is 5. The highest BCUT2D eigenvalue weighted by molar-refractivity contribution is 9.10. The van der Waals surface area contributed by atoms with Gasteiger partial charge >= 0.3 is 0 Å². The Morgan fingerprint density at radius 2 is 2.40 bits per heavy atom. The van der Waals surface area contributed by atoms with Crippen LogP contribution in [-0.2, 0) is 4.79 Å². The molecule has 102 valence electrons. The molecule has 0 aliphatic carbocycles. The summed E-state index contributed by atoms with van der Waals surface area (Å²) in [6.45, 7) is 2.04. The summed E-state index contributed by atoms with van der Waals surface area (Å²) in [7, 11) is 0. The first-order chi connectivity index (χ1) is 9.69. The van der Waals surface area contributed by atoms with Gasteiger partial charge in [-0.05, 0) is 39.2 Å². The molecular weight excluding hydrogens is 358 g/mol. The van der Waals surface area contributed by atoms with E-state index in [1.807, 2.05) is 24.4 Å². The molecule has 1 N–H and O–H groups in total. The molecule has 0 aromatic carbocycles. The van der Waals surface area contributed by atoms with Crippen LogP contribution in [0.5, 0.6) is 0 Å². The van der Waals surface area contributed by atoms with Gasteiger partial charge in [0.1, 0.15) is 5.82 Å². The predicted molar refractivity (Wildman–Crippen MR) is 86.9 cm³/mol. The third-order valence-electron chi connectivity index (χ3n) is 2.73. The van der Waals surface area contributed by atoms with Gasteiger partial charge in [-0.25, -0.2) is 9.97 Å². The number of carbonyl (C=O) groups excluding carboxylic acids is 1. The number of nitrogens with one attached hydrogen (secondary N) is 1. The lowest BCUT2D eigenvalue weighted by Gasteiger charge is -2.00. The van der Waals surface area contributed by atoms with Crippen molar-refractivity contribution < 1.29 is 4.79 Å². The van der Waals surface area contributed by atoms with Crippen molar-refractivity contribution in [3.05, 3.63) is 32.6 Å². The third-order valence-corrected chi connectivity index (χ3v) is 5.29. The summed E-state index contributed by atoms with van der Waals surface area (Å²) in [5, 5.41) is 5.46. The lowest BCUT2D eigenvalue weighted by molar-refractivity contribution is -0.110. The molecule has 4 nitrogen and oxygen atoms in total. The third kappa shape index (κ3) is 2.53. The average molecular weight is 368 g/mol. The fourth-order valence-corrected chi connectivity index (χ4v) is 3.80. The summed E-state index contributed by atoms with van der Waals surface area (Å²) >= 11 is 6.59. The molecule has 0 spiro atoms. The van der Waals surface area contributed by atoms with Gasteiger partial charge in [-0.1, -0.05) is 18.7 Å². The summed E-state index contributed by atoms with van der Waals surface area (Å²) < 4.78 is 0.982. The molecule has 3 rings (SSSR count). The topological polar surface area (TPSA) is 54.9 Å². The first-order valence-corrected chi connectivity index (χ1v) is 8.61. The monoisotopic (exact) mass is 367 g/mol. The molecule has 0 saturated carbocycles. The molecule has 2 aromatic rings. The summed E-state index contributed by atoms with van der Waals surface area (Å²) in [5.41, 5.74) is 1.37. The van der Waals surface area contributed by atoms with Gasteiger partial charge in [0, 0.05) is 21.1 Å². The number of aromatic nitrogens is 2. The number of carbonyl (C=O) groups is 1. The van der Waals surface area contributed by atoms with Crippen LogP contribution in [0.25, 0.3) is 11.6 Å². The van der Waals surface area contributed by atoms with Gasteiger partial charge in [0.2, 0.25) is 0 Å². The van der Waals surface area contributed by atoms with Crippen molar-refractivity contribution in [3.8, 4) is 0 Å². The van der Waals surface area contributed by atoms with Gasteiger partial charge in [0.25, 0.3) is 5.91 Å². The fourth-order valence-electron chi connectivity index (χ4n) is 1.84. The number of fused-ring (bicyclic) bond motifs is 1. The number of thioether (sulfide) groups is 1. The second-order valence-corrected chi connectivity index (χ2v) is 7.03. The van der Waals surface area contributed by atoms with E-state index in [-0.39, 0.29) is 5.91 Å². The van der Waals surface area contributed by atoms with Gasteiger partial charge in [0.05, 0.1) is 5.57 Å². The molecular formula is C13H10BrN3OS2. The van der Waals surface area contributed by atoms with Crippen LogP contribution in [0.15, 0.2) is 27.3 Å². The molecule has 0 bridgehead atoms. The summed E-state index contributed by atoms with van der Waals surface area (Å²) in [6.07, 6.45) is 3.58. The van der Waals surface area contributed by atoms with Gasteiger partial charge < -0.3 is 5.32 Å². The maximum absolute atomic E-state index is 12.1. The SMILES string of the molecule is CCSc1ncc2c(n1)NC(=O)C2=Cc1sccc1Br. The van der Waals surface area contributed by atoms with Gasteiger partial charge in [-0.2, -0.15) is 0 Å². The lowest BCUT2D eigenvalue weighted by Crippen LogP contribution is -2.04. The van der Waals surface area contributed by atoms with Crippen LogP contribution >= 0.6 is 39.0 Å². The quantitative estimate of drug-likeness (QED) is 0.507. The van der Waals surface area contributed by atoms with Crippen LogP contribution in [0, 0.1) is 0 Å². The highest BCUT2D eigenvalue weighted by atomic mass is 79.9. The van der Waals surface area contributed by atoms with Crippen LogP contribution in [0.2, 0.25) is 0 Å². The van der Waals surface area contributed by atoms with E-state index in [1.54, 1.807) is 29.3 Å². The molecule has 0 saturated heterocycles. The van der Waals surface area contributed by atoms with E-state index in [0.29, 0.717) is 16.5 Å². The molecule has 2 aromatic heterocycles. The summed E-state index contributed by atoms with van der Waals surface area (Å²) in [5.74, 6) is 1.37. The van der Waals surface area contributed by atoms with Gasteiger partial charge in [-0.3, -0.25) is 4.79 Å². The maximum Gasteiger partial charge on any atom is 0.257 e. The van der Waals surface area contributed by atoms with Crippen LogP contribution in [0.3, 0.4) is 0 Å². The van der Waals surface area contributed by atoms with Gasteiger partial charge in [-0.15, -0.1) is 11.3 Å². The van der Waals surface area contributed by atoms with Crippen LogP contribution in [0.4, 0.5) is 5.82 Å². The molecule has 1 amide bonds. The molecule has 0 atom stereocenters. The predicted octanol–water partition coefficient (Wildman–Crippen LogP) is 3.91. The van der Waals surface area contributed by atoms with E-state index in [1.165, 1.54) is 0 Å². The minimum atomic E-state index is -0.131. The minimum Gasteiger partial charge on any atom is -0.306 e. The Labute approximate surface area is 132 Å². The Balaban J connectivity index is 2.02. The van der Waals surface area contributed by atoms with E-state index < -0.39 is 0 Å². The second-order valence-electron chi connectivity index (χ2n) is 3.99. The van der Waals surface area contributed by atoms with Gasteiger partial charge in [0.15, 0.2) is 5.16 Å². The standard InChI is InChI=1S/C13H10BrN3OS2/c1-2-19-13-15-6-8-7(12(18)16-11(8)17-13)5-10-9(14)3-4-20-10/h3-6H,2H2,1H3,(H,15,16,17,18). The molecule has 1 aliphatic rings. The molecule has 0 radical (unpaired) electrons. The number of nitrogens with zero attached hydrogens (tertiary/aromatic N) is 2. The molecule has 0 unspecified atom stereocenters.